The zero-order valence-electron chi connectivity index (χ0n) is 15.2. The lowest BCUT2D eigenvalue weighted by molar-refractivity contribution is -0.141. The molecule has 2 aromatic carbocycles. The number of nitrogens with zero attached hydrogens (tertiary/aromatic N) is 1. The van der Waals surface area contributed by atoms with Gasteiger partial charge in [0.2, 0.25) is 5.91 Å². The number of imide groups is 1. The van der Waals surface area contributed by atoms with E-state index in [9.17, 15) is 24.3 Å². The van der Waals surface area contributed by atoms with Crippen LogP contribution in [-0.4, -0.2) is 51.3 Å². The average molecular weight is 391 g/mol. The van der Waals surface area contributed by atoms with E-state index in [2.05, 4.69) is 10.3 Å². The molecule has 0 saturated carbocycles. The van der Waals surface area contributed by atoms with Gasteiger partial charge in [0.1, 0.15) is 12.6 Å². The van der Waals surface area contributed by atoms with Gasteiger partial charge in [-0.15, -0.1) is 0 Å². The number of rotatable bonds is 6. The minimum Gasteiger partial charge on any atom is -0.480 e. The molecule has 3 aromatic rings. The van der Waals surface area contributed by atoms with Crippen LogP contribution >= 0.6 is 0 Å². The van der Waals surface area contributed by atoms with Crippen molar-refractivity contribution in [1.29, 1.82) is 0 Å². The molecule has 3 amide bonds. The largest absolute Gasteiger partial charge is 0.480 e. The molecule has 4 rings (SSSR count). The Bertz CT molecular complexity index is 1110. The number of carbonyl (C=O) groups excluding carboxylic acids is 3. The fourth-order valence-electron chi connectivity index (χ4n) is 3.49. The average Bonchev–Trinajstić information content (AvgIpc) is 3.22. The molecule has 1 aliphatic heterocycles. The Morgan fingerprint density at radius 3 is 2.28 bits per heavy atom. The Morgan fingerprint density at radius 2 is 1.62 bits per heavy atom. The first-order valence-corrected chi connectivity index (χ1v) is 8.98. The predicted octanol–water partition coefficient (Wildman–Crippen LogP) is 1.58. The second kappa shape index (κ2) is 7.23. The molecule has 146 valence electrons. The van der Waals surface area contributed by atoms with Gasteiger partial charge in [-0.2, -0.15) is 0 Å². The summed E-state index contributed by atoms with van der Waals surface area (Å²) in [5.41, 5.74) is 2.08. The molecule has 1 unspecified atom stereocenters. The molecule has 3 N–H and O–H groups in total. The molecule has 8 heteroatoms. The van der Waals surface area contributed by atoms with E-state index in [1.165, 1.54) is 12.1 Å². The molecule has 0 fully saturated rings. The van der Waals surface area contributed by atoms with Gasteiger partial charge >= 0.3 is 5.97 Å². The second-order valence-electron chi connectivity index (χ2n) is 6.76. The predicted molar refractivity (Wildman–Crippen MR) is 103 cm³/mol. The Labute approximate surface area is 165 Å². The van der Waals surface area contributed by atoms with Crippen LogP contribution in [0.1, 0.15) is 26.3 Å². The van der Waals surface area contributed by atoms with Crippen molar-refractivity contribution in [1.82, 2.24) is 15.2 Å². The maximum absolute atomic E-state index is 12.4. The van der Waals surface area contributed by atoms with Crippen molar-refractivity contribution in [2.75, 3.05) is 6.54 Å². The molecular weight excluding hydrogens is 374 g/mol. The first kappa shape index (κ1) is 18.4. The summed E-state index contributed by atoms with van der Waals surface area (Å²) in [6, 6.07) is 12.5. The van der Waals surface area contributed by atoms with Gasteiger partial charge in [-0.3, -0.25) is 19.3 Å². The molecule has 1 aliphatic rings. The Morgan fingerprint density at radius 1 is 1.00 bits per heavy atom. The molecule has 2 heterocycles. The van der Waals surface area contributed by atoms with E-state index in [1.54, 1.807) is 18.3 Å². The number of carbonyl (C=O) groups is 4. The summed E-state index contributed by atoms with van der Waals surface area (Å²) in [5, 5.41) is 12.8. The van der Waals surface area contributed by atoms with Crippen LogP contribution in [0.2, 0.25) is 0 Å². The number of aromatic amines is 1. The highest BCUT2D eigenvalue weighted by Crippen LogP contribution is 2.22. The smallest absolute Gasteiger partial charge is 0.326 e. The number of benzene rings is 2. The molecule has 0 spiro atoms. The third kappa shape index (κ3) is 3.36. The van der Waals surface area contributed by atoms with Gasteiger partial charge < -0.3 is 15.4 Å². The Hall–Kier alpha value is -3.94. The summed E-state index contributed by atoms with van der Waals surface area (Å²) in [4.78, 5) is 52.7. The van der Waals surface area contributed by atoms with Crippen LogP contribution in [0.3, 0.4) is 0 Å². The SMILES string of the molecule is O=C(CN1C(=O)c2ccccc2C1=O)NC(Cc1c[nH]c2ccccc12)C(=O)O. The third-order valence-corrected chi connectivity index (χ3v) is 4.91. The zero-order valence-corrected chi connectivity index (χ0v) is 15.2. The van der Waals surface area contributed by atoms with E-state index in [1.807, 2.05) is 24.3 Å². The summed E-state index contributed by atoms with van der Waals surface area (Å²) >= 11 is 0. The van der Waals surface area contributed by atoms with Gasteiger partial charge in [-0.25, -0.2) is 4.79 Å². The molecule has 29 heavy (non-hydrogen) atoms. The van der Waals surface area contributed by atoms with Crippen LogP contribution in [0.15, 0.2) is 54.7 Å². The lowest BCUT2D eigenvalue weighted by Crippen LogP contribution is -2.47. The van der Waals surface area contributed by atoms with Crippen LogP contribution < -0.4 is 5.32 Å². The highest BCUT2D eigenvalue weighted by Gasteiger charge is 2.36. The van der Waals surface area contributed by atoms with E-state index in [0.29, 0.717) is 0 Å². The summed E-state index contributed by atoms with van der Waals surface area (Å²) in [6.07, 6.45) is 1.77. The van der Waals surface area contributed by atoms with Crippen molar-refractivity contribution in [3.8, 4) is 0 Å². The molecule has 1 aromatic heterocycles. The van der Waals surface area contributed by atoms with Crippen molar-refractivity contribution < 1.29 is 24.3 Å². The quantitative estimate of drug-likeness (QED) is 0.551. The topological polar surface area (TPSA) is 120 Å². The number of amides is 3. The normalized spacial score (nSPS) is 14.1. The van der Waals surface area contributed by atoms with Gasteiger partial charge in [0.05, 0.1) is 11.1 Å². The van der Waals surface area contributed by atoms with Crippen LogP contribution in [0.25, 0.3) is 10.9 Å². The lowest BCUT2D eigenvalue weighted by atomic mass is 10.0. The molecular formula is C21H17N3O5. The Kier molecular flexibility index (Phi) is 4.59. The number of hydrogen-bond acceptors (Lipinski definition) is 4. The summed E-state index contributed by atoms with van der Waals surface area (Å²) in [6.45, 7) is -0.538. The number of carboxylic acid groups (broad SMARTS) is 1. The monoisotopic (exact) mass is 391 g/mol. The first-order chi connectivity index (χ1) is 14.0. The standard InChI is InChI=1S/C21H17N3O5/c25-18(11-24-19(26)14-6-1-2-7-15(14)20(24)27)23-17(21(28)29)9-12-10-22-16-8-4-3-5-13(12)16/h1-8,10,17,22H,9,11H2,(H,23,25)(H,28,29). The zero-order chi connectivity index (χ0) is 20.5. The van der Waals surface area contributed by atoms with Gasteiger partial charge in [0, 0.05) is 23.5 Å². The fourth-order valence-corrected chi connectivity index (χ4v) is 3.49. The maximum Gasteiger partial charge on any atom is 0.326 e. The van der Waals surface area contributed by atoms with Gasteiger partial charge in [0.15, 0.2) is 0 Å². The lowest BCUT2D eigenvalue weighted by Gasteiger charge is -2.17. The van der Waals surface area contributed by atoms with Crippen LogP contribution in [0.4, 0.5) is 0 Å². The van der Waals surface area contributed by atoms with E-state index >= 15 is 0 Å². The van der Waals surface area contributed by atoms with Gasteiger partial charge in [-0.1, -0.05) is 30.3 Å². The van der Waals surface area contributed by atoms with Crippen LogP contribution in [0, 0.1) is 0 Å². The maximum atomic E-state index is 12.4. The molecule has 1 atom stereocenters. The van der Waals surface area contributed by atoms with Gasteiger partial charge in [-0.05, 0) is 23.8 Å². The summed E-state index contributed by atoms with van der Waals surface area (Å²) in [5.74, 6) is -3.05. The number of hydrogen-bond donors (Lipinski definition) is 3. The highest BCUT2D eigenvalue weighted by molar-refractivity contribution is 6.22. The van der Waals surface area contributed by atoms with Crippen molar-refractivity contribution in [2.45, 2.75) is 12.5 Å². The molecule has 0 radical (unpaired) electrons. The summed E-state index contributed by atoms with van der Waals surface area (Å²) in [7, 11) is 0. The number of carboxylic acids is 1. The summed E-state index contributed by atoms with van der Waals surface area (Å²) < 4.78 is 0. The van der Waals surface area contributed by atoms with E-state index in [0.717, 1.165) is 21.4 Å². The van der Waals surface area contributed by atoms with E-state index in [-0.39, 0.29) is 17.5 Å². The van der Waals surface area contributed by atoms with Crippen molar-refractivity contribution in [3.05, 3.63) is 71.4 Å². The van der Waals surface area contributed by atoms with Crippen molar-refractivity contribution in [3.63, 3.8) is 0 Å². The minimum absolute atomic E-state index is 0.0627. The number of fused-ring (bicyclic) bond motifs is 2. The number of aromatic nitrogens is 1. The number of H-pyrrole nitrogens is 1. The second-order valence-corrected chi connectivity index (χ2v) is 6.76. The highest BCUT2D eigenvalue weighted by atomic mass is 16.4. The fraction of sp³-hybridized carbons (Fsp3) is 0.143. The Balaban J connectivity index is 1.47. The molecule has 0 saturated heterocycles. The minimum atomic E-state index is -1.20. The van der Waals surface area contributed by atoms with Crippen molar-refractivity contribution >= 4 is 34.6 Å². The molecule has 0 aliphatic carbocycles. The molecule has 8 nitrogen and oxygen atoms in total. The number of para-hydroxylation sites is 1. The molecule has 0 bridgehead atoms. The van der Waals surface area contributed by atoms with Crippen LogP contribution in [-0.2, 0) is 16.0 Å². The van der Waals surface area contributed by atoms with Gasteiger partial charge in [0.25, 0.3) is 11.8 Å². The first-order valence-electron chi connectivity index (χ1n) is 8.98. The van der Waals surface area contributed by atoms with Crippen molar-refractivity contribution in [2.24, 2.45) is 0 Å². The van der Waals surface area contributed by atoms with Crippen LogP contribution in [0.5, 0.6) is 0 Å². The third-order valence-electron chi connectivity index (χ3n) is 4.91. The van der Waals surface area contributed by atoms with E-state index in [4.69, 9.17) is 0 Å². The number of nitrogens with one attached hydrogen (secondary N) is 2. The van der Waals surface area contributed by atoms with E-state index < -0.39 is 36.3 Å². The number of aliphatic carboxylic acids is 1.